The highest BCUT2D eigenvalue weighted by Crippen LogP contribution is 2.20. The van der Waals surface area contributed by atoms with E-state index in [9.17, 15) is 14.4 Å². The Morgan fingerprint density at radius 2 is 1.63 bits per heavy atom. The van der Waals surface area contributed by atoms with Crippen molar-refractivity contribution in [3.05, 3.63) is 70.5 Å². The average molecular weight is 405 g/mol. The fourth-order valence-corrected chi connectivity index (χ4v) is 3.06. The van der Waals surface area contributed by atoms with Crippen molar-refractivity contribution in [1.29, 1.82) is 0 Å². The zero-order chi connectivity index (χ0) is 21.8. The molecular weight excluding hydrogens is 382 g/mol. The molecule has 0 saturated heterocycles. The lowest BCUT2D eigenvalue weighted by Crippen LogP contribution is -2.21. The second kappa shape index (κ2) is 8.69. The van der Waals surface area contributed by atoms with Crippen LogP contribution < -0.4 is 10.6 Å². The smallest absolute Gasteiger partial charge is 0.278 e. The number of hydrogen-bond donors (Lipinski definition) is 2. The molecule has 0 bridgehead atoms. The van der Waals surface area contributed by atoms with E-state index in [2.05, 4.69) is 20.9 Å². The first kappa shape index (κ1) is 20.9. The van der Waals surface area contributed by atoms with Gasteiger partial charge in [-0.25, -0.2) is 4.68 Å². The van der Waals surface area contributed by atoms with Crippen molar-refractivity contribution in [2.24, 2.45) is 0 Å². The van der Waals surface area contributed by atoms with Crippen molar-refractivity contribution in [2.45, 2.75) is 34.2 Å². The summed E-state index contributed by atoms with van der Waals surface area (Å²) in [6, 6.07) is 12.4. The summed E-state index contributed by atoms with van der Waals surface area (Å²) in [5.41, 5.74) is 4.28. The molecule has 0 unspecified atom stereocenters. The van der Waals surface area contributed by atoms with Crippen molar-refractivity contribution in [3.8, 4) is 0 Å². The fourth-order valence-electron chi connectivity index (χ4n) is 3.06. The number of Topliss-reactive ketones (excluding diaryl/α,β-unsaturated/α-hetero) is 1. The summed E-state index contributed by atoms with van der Waals surface area (Å²) in [5, 5.41) is 13.5. The average Bonchev–Trinajstić information content (AvgIpc) is 3.05. The minimum absolute atomic E-state index is 0.0854. The van der Waals surface area contributed by atoms with Crippen molar-refractivity contribution >= 4 is 29.0 Å². The number of ketones is 1. The number of anilines is 2. The van der Waals surface area contributed by atoms with Crippen molar-refractivity contribution in [2.75, 3.05) is 10.6 Å². The maximum absolute atomic E-state index is 12.7. The first-order valence-electron chi connectivity index (χ1n) is 9.44. The van der Waals surface area contributed by atoms with E-state index >= 15 is 0 Å². The van der Waals surface area contributed by atoms with Gasteiger partial charge in [-0.15, -0.1) is 5.10 Å². The van der Waals surface area contributed by atoms with Crippen LogP contribution in [-0.4, -0.2) is 32.6 Å². The van der Waals surface area contributed by atoms with E-state index in [-0.39, 0.29) is 29.8 Å². The molecule has 0 spiro atoms. The molecule has 2 N–H and O–H groups in total. The van der Waals surface area contributed by atoms with Gasteiger partial charge < -0.3 is 10.6 Å². The third kappa shape index (κ3) is 4.60. The molecule has 0 aliphatic heterocycles. The third-order valence-electron chi connectivity index (χ3n) is 4.76. The maximum atomic E-state index is 12.7. The number of nitrogens with one attached hydrogen (secondary N) is 2. The Balaban J connectivity index is 1.70. The van der Waals surface area contributed by atoms with Gasteiger partial charge in [-0.3, -0.25) is 14.4 Å². The van der Waals surface area contributed by atoms with Gasteiger partial charge in [-0.2, -0.15) is 0 Å². The summed E-state index contributed by atoms with van der Waals surface area (Å²) in [6.07, 6.45) is 0. The molecule has 3 aromatic rings. The minimum atomic E-state index is -0.384. The molecule has 1 aromatic heterocycles. The monoisotopic (exact) mass is 405 g/mol. The predicted octanol–water partition coefficient (Wildman–Crippen LogP) is 3.30. The Bertz CT molecular complexity index is 1110. The van der Waals surface area contributed by atoms with Crippen LogP contribution in [0, 0.1) is 20.8 Å². The highest BCUT2D eigenvalue weighted by Gasteiger charge is 2.19. The lowest BCUT2D eigenvalue weighted by Gasteiger charge is -2.10. The van der Waals surface area contributed by atoms with Crippen LogP contribution in [0.4, 0.5) is 11.4 Å². The van der Waals surface area contributed by atoms with Gasteiger partial charge in [0.05, 0.1) is 5.69 Å². The van der Waals surface area contributed by atoms with Gasteiger partial charge in [-0.05, 0) is 51.0 Å². The van der Waals surface area contributed by atoms with Crippen molar-refractivity contribution in [3.63, 3.8) is 0 Å². The van der Waals surface area contributed by atoms with Gasteiger partial charge in [0.2, 0.25) is 5.91 Å². The van der Waals surface area contributed by atoms with Crippen LogP contribution in [0.2, 0.25) is 0 Å². The van der Waals surface area contributed by atoms with E-state index in [4.69, 9.17) is 0 Å². The third-order valence-corrected chi connectivity index (χ3v) is 4.76. The molecule has 8 heteroatoms. The first-order chi connectivity index (χ1) is 14.3. The second-order valence-electron chi connectivity index (χ2n) is 7.09. The molecule has 2 aromatic carbocycles. The predicted molar refractivity (Wildman–Crippen MR) is 114 cm³/mol. The summed E-state index contributed by atoms with van der Waals surface area (Å²) in [4.78, 5) is 36.5. The largest absolute Gasteiger partial charge is 0.324 e. The van der Waals surface area contributed by atoms with E-state index in [1.807, 2.05) is 32.0 Å². The molecule has 0 saturated carbocycles. The molecule has 0 atom stereocenters. The second-order valence-corrected chi connectivity index (χ2v) is 7.09. The van der Waals surface area contributed by atoms with Gasteiger partial charge in [0.15, 0.2) is 11.5 Å². The molecule has 30 heavy (non-hydrogen) atoms. The van der Waals surface area contributed by atoms with Crippen LogP contribution in [-0.2, 0) is 11.3 Å². The molecule has 3 rings (SSSR count). The van der Waals surface area contributed by atoms with E-state index < -0.39 is 0 Å². The topological polar surface area (TPSA) is 106 Å². The molecule has 0 fully saturated rings. The quantitative estimate of drug-likeness (QED) is 0.612. The number of nitrogens with zero attached hydrogens (tertiary/aromatic N) is 3. The Hall–Kier alpha value is -3.81. The van der Waals surface area contributed by atoms with E-state index in [0.29, 0.717) is 16.9 Å². The number of para-hydroxylation sites is 1. The zero-order valence-electron chi connectivity index (χ0n) is 17.3. The molecule has 0 aliphatic rings. The number of benzene rings is 2. The van der Waals surface area contributed by atoms with Crippen LogP contribution >= 0.6 is 0 Å². The van der Waals surface area contributed by atoms with Crippen LogP contribution in [0.25, 0.3) is 0 Å². The van der Waals surface area contributed by atoms with Gasteiger partial charge in [0, 0.05) is 16.9 Å². The lowest BCUT2D eigenvalue weighted by molar-refractivity contribution is -0.117. The van der Waals surface area contributed by atoms with Crippen molar-refractivity contribution < 1.29 is 14.4 Å². The van der Waals surface area contributed by atoms with E-state index in [1.54, 1.807) is 31.2 Å². The highest BCUT2D eigenvalue weighted by atomic mass is 16.2. The Kier molecular flexibility index (Phi) is 6.06. The number of aryl methyl sites for hydroxylation is 2. The summed E-state index contributed by atoms with van der Waals surface area (Å²) < 4.78 is 1.36. The summed E-state index contributed by atoms with van der Waals surface area (Å²) in [6.45, 7) is 6.86. The Morgan fingerprint density at radius 3 is 2.30 bits per heavy atom. The van der Waals surface area contributed by atoms with Crippen LogP contribution in [0.3, 0.4) is 0 Å². The molecular formula is C22H23N5O3. The maximum Gasteiger partial charge on any atom is 0.278 e. The molecule has 0 radical (unpaired) electrons. The normalized spacial score (nSPS) is 10.5. The van der Waals surface area contributed by atoms with Crippen LogP contribution in [0.1, 0.15) is 44.6 Å². The summed E-state index contributed by atoms with van der Waals surface area (Å²) in [5.74, 6) is -0.811. The highest BCUT2D eigenvalue weighted by molar-refractivity contribution is 6.04. The molecule has 2 amide bonds. The molecule has 0 aliphatic carbocycles. The number of amides is 2. The van der Waals surface area contributed by atoms with Gasteiger partial charge in [-0.1, -0.05) is 35.5 Å². The number of rotatable bonds is 6. The minimum Gasteiger partial charge on any atom is -0.324 e. The van der Waals surface area contributed by atoms with Gasteiger partial charge >= 0.3 is 0 Å². The van der Waals surface area contributed by atoms with Gasteiger partial charge in [0.25, 0.3) is 5.91 Å². The molecule has 1 heterocycles. The Labute approximate surface area is 174 Å². The van der Waals surface area contributed by atoms with Crippen LogP contribution in [0.15, 0.2) is 42.5 Å². The van der Waals surface area contributed by atoms with E-state index in [1.165, 1.54) is 11.6 Å². The molecule has 154 valence electrons. The fraction of sp³-hybridized carbons (Fsp3) is 0.227. The Morgan fingerprint density at radius 1 is 0.967 bits per heavy atom. The SMILES string of the molecule is CC(=O)c1cccc(NC(=O)Cn2nnc(C(=O)Nc3c(C)cccc3C)c2C)c1. The van der Waals surface area contributed by atoms with E-state index in [0.717, 1.165) is 16.8 Å². The first-order valence-corrected chi connectivity index (χ1v) is 9.44. The number of hydrogen-bond acceptors (Lipinski definition) is 5. The number of aromatic nitrogens is 3. The number of carbonyl (C=O) groups is 3. The van der Waals surface area contributed by atoms with Crippen molar-refractivity contribution in [1.82, 2.24) is 15.0 Å². The number of carbonyl (C=O) groups excluding carboxylic acids is 3. The summed E-state index contributed by atoms with van der Waals surface area (Å²) in [7, 11) is 0. The lowest BCUT2D eigenvalue weighted by atomic mass is 10.1. The summed E-state index contributed by atoms with van der Waals surface area (Å²) >= 11 is 0. The molecule has 8 nitrogen and oxygen atoms in total. The van der Waals surface area contributed by atoms with Gasteiger partial charge in [0.1, 0.15) is 6.54 Å². The van der Waals surface area contributed by atoms with Crippen LogP contribution in [0.5, 0.6) is 0 Å². The standard InChI is InChI=1S/C22H23N5O3/c1-13-7-5-8-14(2)20(13)24-22(30)21-15(3)27(26-25-21)12-19(29)23-18-10-6-9-17(11-18)16(4)28/h5-11H,12H2,1-4H3,(H,23,29)(H,24,30). The zero-order valence-corrected chi connectivity index (χ0v) is 17.3.